The monoisotopic (exact) mass is 178 g/mol. The molecular weight excluding hydrogens is 167 g/mol. The maximum absolute atomic E-state index is 3.21. The summed E-state index contributed by atoms with van der Waals surface area (Å²) in [5.41, 5.74) is 0. The summed E-state index contributed by atoms with van der Waals surface area (Å²) in [4.78, 5) is 2.28. The summed E-state index contributed by atoms with van der Waals surface area (Å²) in [6.07, 6.45) is 0. The molecule has 0 aliphatic carbocycles. The standard InChI is InChI=1S/C5H10N2Se/c1-2-7-4-3-6-5(7)8/h2-4H2,1H3,(H,6,8). The van der Waals surface area contributed by atoms with Gasteiger partial charge in [-0.1, -0.05) is 0 Å². The van der Waals surface area contributed by atoms with E-state index in [0.29, 0.717) is 0 Å². The fourth-order valence-electron chi connectivity index (χ4n) is 0.813. The number of nitrogens with zero attached hydrogens (tertiary/aromatic N) is 1. The third-order valence-corrected chi connectivity index (χ3v) is 2.17. The second kappa shape index (κ2) is 2.51. The Hall–Kier alpha value is -0.0105. The molecule has 0 aromatic heterocycles. The maximum atomic E-state index is 3.21. The van der Waals surface area contributed by atoms with Crippen LogP contribution in [0.1, 0.15) is 6.92 Å². The molecule has 0 aromatic carbocycles. The van der Waals surface area contributed by atoms with Crippen LogP contribution in [-0.2, 0) is 0 Å². The number of hydrogen-bond acceptors (Lipinski definition) is 2. The van der Waals surface area contributed by atoms with Crippen molar-refractivity contribution < 1.29 is 0 Å². The topological polar surface area (TPSA) is 15.3 Å². The van der Waals surface area contributed by atoms with Gasteiger partial charge in [-0.15, -0.1) is 0 Å². The molecule has 0 bridgehead atoms. The van der Waals surface area contributed by atoms with E-state index in [4.69, 9.17) is 0 Å². The van der Waals surface area contributed by atoms with Crippen molar-refractivity contribution in [1.82, 2.24) is 10.2 Å². The first kappa shape index (κ1) is 6.11. The van der Waals surface area contributed by atoms with E-state index < -0.39 is 0 Å². The van der Waals surface area contributed by atoms with Crippen LogP contribution in [-0.4, -0.2) is 44.8 Å². The van der Waals surface area contributed by atoms with Crippen LogP contribution in [0.4, 0.5) is 0 Å². The summed E-state index contributed by atoms with van der Waals surface area (Å²) in [6, 6.07) is 0. The van der Waals surface area contributed by atoms with E-state index in [1.165, 1.54) is 4.67 Å². The fraction of sp³-hybridized carbons (Fsp3) is 0.800. The zero-order chi connectivity index (χ0) is 5.98. The first-order valence-corrected chi connectivity index (χ1v) is 3.73. The predicted molar refractivity (Wildman–Crippen MR) is 36.0 cm³/mol. The SMILES string of the molecule is CCN1CCNC1=[Se]. The molecule has 1 heterocycles. The van der Waals surface area contributed by atoms with Crippen molar-refractivity contribution in [3.8, 4) is 0 Å². The van der Waals surface area contributed by atoms with E-state index in [1.54, 1.807) is 0 Å². The van der Waals surface area contributed by atoms with Crippen molar-refractivity contribution in [2.75, 3.05) is 19.6 Å². The van der Waals surface area contributed by atoms with Gasteiger partial charge in [0.15, 0.2) is 0 Å². The van der Waals surface area contributed by atoms with Crippen molar-refractivity contribution in [3.63, 3.8) is 0 Å². The van der Waals surface area contributed by atoms with Crippen LogP contribution in [0.3, 0.4) is 0 Å². The molecular formula is C5H10N2Se. The van der Waals surface area contributed by atoms with E-state index in [0.717, 1.165) is 19.6 Å². The van der Waals surface area contributed by atoms with Crippen molar-refractivity contribution in [3.05, 3.63) is 0 Å². The Morgan fingerprint density at radius 2 is 2.62 bits per heavy atom. The Kier molecular flexibility index (Phi) is 1.92. The van der Waals surface area contributed by atoms with Gasteiger partial charge >= 0.3 is 57.0 Å². The molecule has 8 heavy (non-hydrogen) atoms. The van der Waals surface area contributed by atoms with Crippen LogP contribution in [0, 0.1) is 0 Å². The molecule has 0 radical (unpaired) electrons. The van der Waals surface area contributed by atoms with Gasteiger partial charge in [0.25, 0.3) is 0 Å². The Morgan fingerprint density at radius 3 is 2.88 bits per heavy atom. The van der Waals surface area contributed by atoms with Gasteiger partial charge in [-0.3, -0.25) is 0 Å². The third-order valence-electron chi connectivity index (χ3n) is 1.33. The van der Waals surface area contributed by atoms with Gasteiger partial charge in [0.1, 0.15) is 0 Å². The average molecular weight is 177 g/mol. The Balaban J connectivity index is 2.42. The van der Waals surface area contributed by atoms with Crippen LogP contribution >= 0.6 is 0 Å². The molecule has 1 fully saturated rings. The van der Waals surface area contributed by atoms with Crippen molar-refractivity contribution in [2.45, 2.75) is 6.92 Å². The van der Waals surface area contributed by atoms with Crippen LogP contribution < -0.4 is 5.32 Å². The zero-order valence-electron chi connectivity index (χ0n) is 4.98. The molecule has 0 aromatic rings. The minimum absolute atomic E-state index is 1.09. The first-order valence-electron chi connectivity index (χ1n) is 2.87. The van der Waals surface area contributed by atoms with E-state index in [9.17, 15) is 0 Å². The van der Waals surface area contributed by atoms with E-state index in [1.807, 2.05) is 0 Å². The average Bonchev–Trinajstić information content (AvgIpc) is 2.14. The molecule has 1 rings (SSSR count). The normalized spacial score (nSPS) is 19.1. The molecule has 2 nitrogen and oxygen atoms in total. The van der Waals surface area contributed by atoms with Gasteiger partial charge in [0.05, 0.1) is 0 Å². The molecule has 3 heteroatoms. The summed E-state index contributed by atoms with van der Waals surface area (Å²) in [7, 11) is 0. The zero-order valence-corrected chi connectivity index (χ0v) is 6.69. The Bertz CT molecular complexity index is 103. The molecule has 1 N–H and O–H groups in total. The Labute approximate surface area is 57.6 Å². The summed E-state index contributed by atoms with van der Waals surface area (Å²) < 4.78 is 1.20. The molecule has 0 saturated carbocycles. The van der Waals surface area contributed by atoms with Crippen LogP contribution in [0.2, 0.25) is 0 Å². The van der Waals surface area contributed by atoms with E-state index >= 15 is 0 Å². The van der Waals surface area contributed by atoms with E-state index in [-0.39, 0.29) is 0 Å². The summed E-state index contributed by atoms with van der Waals surface area (Å²) >= 11 is 2.97. The van der Waals surface area contributed by atoms with Crippen LogP contribution in [0.15, 0.2) is 0 Å². The first-order chi connectivity index (χ1) is 3.84. The molecule has 1 aliphatic heterocycles. The predicted octanol–water partition coefficient (Wildman–Crippen LogP) is -0.833. The number of rotatable bonds is 1. The second-order valence-electron chi connectivity index (χ2n) is 1.81. The molecule has 0 atom stereocenters. The molecule has 0 spiro atoms. The number of nitrogens with one attached hydrogen (secondary N) is 1. The minimum atomic E-state index is 1.09. The van der Waals surface area contributed by atoms with Gasteiger partial charge in [0, 0.05) is 0 Å². The molecule has 46 valence electrons. The van der Waals surface area contributed by atoms with Gasteiger partial charge in [-0.2, -0.15) is 0 Å². The van der Waals surface area contributed by atoms with Crippen LogP contribution in [0.5, 0.6) is 0 Å². The molecule has 0 unspecified atom stereocenters. The van der Waals surface area contributed by atoms with Gasteiger partial charge in [-0.25, -0.2) is 0 Å². The van der Waals surface area contributed by atoms with E-state index in [2.05, 4.69) is 32.7 Å². The summed E-state index contributed by atoms with van der Waals surface area (Å²) in [5.74, 6) is 0. The van der Waals surface area contributed by atoms with Crippen molar-refractivity contribution in [2.24, 2.45) is 0 Å². The molecule has 0 amide bonds. The fourth-order valence-corrected chi connectivity index (χ4v) is 1.49. The van der Waals surface area contributed by atoms with Crippen molar-refractivity contribution >= 4 is 20.2 Å². The third kappa shape index (κ3) is 1.04. The quantitative estimate of drug-likeness (QED) is 0.526. The molecule has 1 saturated heterocycles. The van der Waals surface area contributed by atoms with Crippen molar-refractivity contribution in [1.29, 1.82) is 0 Å². The van der Waals surface area contributed by atoms with Gasteiger partial charge in [-0.05, 0) is 0 Å². The summed E-state index contributed by atoms with van der Waals surface area (Å²) in [6.45, 7) is 5.51. The Morgan fingerprint density at radius 1 is 1.88 bits per heavy atom. The number of hydrogen-bond donors (Lipinski definition) is 1. The molecule has 1 aliphatic rings. The van der Waals surface area contributed by atoms with Gasteiger partial charge < -0.3 is 0 Å². The van der Waals surface area contributed by atoms with Gasteiger partial charge in [0.2, 0.25) is 0 Å². The number of likely N-dealkylation sites (N-methyl/N-ethyl adjacent to an activating group) is 1. The second-order valence-corrected chi connectivity index (χ2v) is 2.62. The van der Waals surface area contributed by atoms with Crippen LogP contribution in [0.25, 0.3) is 0 Å². The summed E-state index contributed by atoms with van der Waals surface area (Å²) in [5, 5.41) is 3.21.